The largest absolute Gasteiger partial charge is 0.394 e. The number of aliphatic hydroxyl groups is 5. The van der Waals surface area contributed by atoms with Crippen molar-refractivity contribution in [2.45, 2.75) is 84.2 Å². The van der Waals surface area contributed by atoms with Gasteiger partial charge in [-0.3, -0.25) is 14.4 Å². The highest BCUT2D eigenvalue weighted by atomic mass is 16.4. The van der Waals surface area contributed by atoms with Crippen molar-refractivity contribution in [1.82, 2.24) is 15.1 Å². The van der Waals surface area contributed by atoms with Crippen molar-refractivity contribution in [3.05, 3.63) is 0 Å². The van der Waals surface area contributed by atoms with Gasteiger partial charge in [0, 0.05) is 45.1 Å². The molecule has 34 heavy (non-hydrogen) atoms. The van der Waals surface area contributed by atoms with Crippen LogP contribution in [-0.2, 0) is 14.4 Å². The molecule has 4 unspecified atom stereocenters. The van der Waals surface area contributed by atoms with Crippen molar-refractivity contribution in [2.24, 2.45) is 5.92 Å². The molecule has 0 saturated heterocycles. The monoisotopic (exact) mass is 491 g/mol. The molecule has 3 amide bonds. The number of nitrogens with one attached hydrogen (secondary N) is 1. The Hall–Kier alpha value is -1.79. The Morgan fingerprint density at radius 1 is 0.824 bits per heavy atom. The lowest BCUT2D eigenvalue weighted by atomic mass is 10.0. The summed E-state index contributed by atoms with van der Waals surface area (Å²) in [5.41, 5.74) is 0. The van der Waals surface area contributed by atoms with E-state index in [1.165, 1.54) is 0 Å². The number of amides is 3. The molecule has 6 N–H and O–H groups in total. The summed E-state index contributed by atoms with van der Waals surface area (Å²) in [5, 5.41) is 49.8. The lowest BCUT2D eigenvalue weighted by Crippen LogP contribution is -2.52. The Morgan fingerprint density at radius 3 is 1.85 bits per heavy atom. The predicted octanol–water partition coefficient (Wildman–Crippen LogP) is -1.16. The van der Waals surface area contributed by atoms with E-state index in [-0.39, 0.29) is 37.2 Å². The number of carbonyl (C=O) groups excluding carboxylic acids is 3. The van der Waals surface area contributed by atoms with Gasteiger partial charge < -0.3 is 40.6 Å². The zero-order valence-corrected chi connectivity index (χ0v) is 21.0. The lowest BCUT2D eigenvalue weighted by molar-refractivity contribution is -0.149. The molecule has 0 rings (SSSR count). The average Bonchev–Trinajstić information content (AvgIpc) is 2.83. The molecule has 11 nitrogen and oxygen atoms in total. The van der Waals surface area contributed by atoms with Crippen LogP contribution in [0.2, 0.25) is 0 Å². The summed E-state index contributed by atoms with van der Waals surface area (Å²) in [4.78, 5) is 40.9. The first-order valence-corrected chi connectivity index (χ1v) is 12.2. The van der Waals surface area contributed by atoms with Crippen molar-refractivity contribution in [2.75, 3.05) is 39.3 Å². The quantitative estimate of drug-likeness (QED) is 0.139. The Balaban J connectivity index is 4.76. The molecule has 0 spiro atoms. The number of carbonyl (C=O) groups is 3. The van der Waals surface area contributed by atoms with Crippen LogP contribution in [0.1, 0.15) is 59.8 Å². The van der Waals surface area contributed by atoms with Crippen LogP contribution in [0.5, 0.6) is 0 Å². The van der Waals surface area contributed by atoms with Crippen LogP contribution >= 0.6 is 0 Å². The first kappa shape index (κ1) is 32.2. The summed E-state index contributed by atoms with van der Waals surface area (Å²) in [6.07, 6.45) is -4.47. The second kappa shape index (κ2) is 17.6. The van der Waals surface area contributed by atoms with Gasteiger partial charge in [0.2, 0.25) is 11.8 Å². The van der Waals surface area contributed by atoms with E-state index in [1.54, 1.807) is 11.8 Å². The second-order valence-electron chi connectivity index (χ2n) is 8.61. The summed E-state index contributed by atoms with van der Waals surface area (Å²) in [6.45, 7) is 8.90. The molecule has 0 radical (unpaired) electrons. The topological polar surface area (TPSA) is 171 Å². The molecule has 0 aliphatic carbocycles. The summed E-state index contributed by atoms with van der Waals surface area (Å²) in [7, 11) is 0. The van der Waals surface area contributed by atoms with Crippen LogP contribution < -0.4 is 5.32 Å². The van der Waals surface area contributed by atoms with Crippen molar-refractivity contribution in [3.63, 3.8) is 0 Å². The van der Waals surface area contributed by atoms with Gasteiger partial charge in [-0.1, -0.05) is 27.7 Å². The van der Waals surface area contributed by atoms with Gasteiger partial charge in [0.1, 0.15) is 18.3 Å². The summed E-state index contributed by atoms with van der Waals surface area (Å²) >= 11 is 0. The first-order chi connectivity index (χ1) is 16.0. The summed E-state index contributed by atoms with van der Waals surface area (Å²) in [6, 6.07) is 0. The molecule has 0 fully saturated rings. The molecule has 0 aromatic rings. The Labute approximate surface area is 202 Å². The van der Waals surface area contributed by atoms with E-state index in [0.717, 1.165) is 12.8 Å². The van der Waals surface area contributed by atoms with Gasteiger partial charge in [0.25, 0.3) is 5.91 Å². The van der Waals surface area contributed by atoms with E-state index in [9.17, 15) is 34.8 Å². The Kier molecular flexibility index (Phi) is 16.7. The van der Waals surface area contributed by atoms with Gasteiger partial charge in [-0.2, -0.15) is 0 Å². The van der Waals surface area contributed by atoms with E-state index in [0.29, 0.717) is 32.5 Å². The zero-order valence-electron chi connectivity index (χ0n) is 21.0. The van der Waals surface area contributed by atoms with Gasteiger partial charge in [-0.15, -0.1) is 0 Å². The van der Waals surface area contributed by atoms with Crippen molar-refractivity contribution in [3.8, 4) is 0 Å². The zero-order chi connectivity index (χ0) is 26.3. The summed E-state index contributed by atoms with van der Waals surface area (Å²) in [5.74, 6) is -1.45. The second-order valence-corrected chi connectivity index (χ2v) is 8.61. The van der Waals surface area contributed by atoms with Gasteiger partial charge in [-0.25, -0.2) is 0 Å². The fourth-order valence-corrected chi connectivity index (χ4v) is 3.53. The Morgan fingerprint density at radius 2 is 1.35 bits per heavy atom. The third-order valence-electron chi connectivity index (χ3n) is 5.56. The number of hydrogen-bond acceptors (Lipinski definition) is 8. The molecular formula is C23H45N3O8. The van der Waals surface area contributed by atoms with E-state index in [1.807, 2.05) is 25.7 Å². The summed E-state index contributed by atoms with van der Waals surface area (Å²) < 4.78 is 0. The molecule has 0 aliphatic heterocycles. The fraction of sp³-hybridized carbons (Fsp3) is 0.870. The van der Waals surface area contributed by atoms with Crippen LogP contribution in [0.25, 0.3) is 0 Å². The third kappa shape index (κ3) is 11.1. The van der Waals surface area contributed by atoms with E-state index < -0.39 is 36.9 Å². The van der Waals surface area contributed by atoms with Crippen LogP contribution in [0, 0.1) is 5.92 Å². The van der Waals surface area contributed by atoms with Crippen LogP contribution in [-0.4, -0.2) is 117 Å². The van der Waals surface area contributed by atoms with Crippen molar-refractivity contribution < 1.29 is 39.9 Å². The highest BCUT2D eigenvalue weighted by Crippen LogP contribution is 2.13. The average molecular weight is 492 g/mol. The minimum absolute atomic E-state index is 0.000565. The molecule has 11 heteroatoms. The maximum atomic E-state index is 12.9. The maximum Gasteiger partial charge on any atom is 0.251 e. The maximum absolute atomic E-state index is 12.9. The van der Waals surface area contributed by atoms with Crippen LogP contribution in [0.3, 0.4) is 0 Å². The number of rotatable bonds is 18. The molecule has 0 bridgehead atoms. The van der Waals surface area contributed by atoms with Gasteiger partial charge in [0.15, 0.2) is 6.10 Å². The minimum atomic E-state index is -2.02. The number of hydrogen-bond donors (Lipinski definition) is 6. The molecular weight excluding hydrogens is 446 g/mol. The number of aliphatic hydroxyl groups excluding tert-OH is 5. The van der Waals surface area contributed by atoms with Crippen molar-refractivity contribution >= 4 is 17.7 Å². The Bertz CT molecular complexity index is 601. The SMILES string of the molecule is CCCN(CCC)C(=O)CC[C@H](C)C(=O)N(CCC)CCNC(=O)C(O)C(O)C(O)C(O)CO. The molecule has 0 saturated carbocycles. The third-order valence-corrected chi connectivity index (χ3v) is 5.56. The fourth-order valence-electron chi connectivity index (χ4n) is 3.53. The molecule has 0 aromatic heterocycles. The number of nitrogens with zero attached hydrogens (tertiary/aromatic N) is 2. The van der Waals surface area contributed by atoms with E-state index >= 15 is 0 Å². The lowest BCUT2D eigenvalue weighted by Gasteiger charge is -2.27. The van der Waals surface area contributed by atoms with Crippen molar-refractivity contribution in [1.29, 1.82) is 0 Å². The van der Waals surface area contributed by atoms with Gasteiger partial charge >= 0.3 is 0 Å². The van der Waals surface area contributed by atoms with E-state index in [4.69, 9.17) is 5.11 Å². The molecule has 5 atom stereocenters. The molecule has 200 valence electrons. The predicted molar refractivity (Wildman–Crippen MR) is 127 cm³/mol. The van der Waals surface area contributed by atoms with Gasteiger partial charge in [0.05, 0.1) is 6.61 Å². The highest BCUT2D eigenvalue weighted by Gasteiger charge is 2.34. The normalized spacial score (nSPS) is 15.7. The smallest absolute Gasteiger partial charge is 0.251 e. The van der Waals surface area contributed by atoms with Crippen LogP contribution in [0.4, 0.5) is 0 Å². The van der Waals surface area contributed by atoms with Gasteiger partial charge in [-0.05, 0) is 25.7 Å². The van der Waals surface area contributed by atoms with Crippen LogP contribution in [0.15, 0.2) is 0 Å². The first-order valence-electron chi connectivity index (χ1n) is 12.2. The highest BCUT2D eigenvalue weighted by molar-refractivity contribution is 5.82. The molecule has 0 heterocycles. The molecule has 0 aliphatic rings. The minimum Gasteiger partial charge on any atom is -0.394 e. The molecule has 0 aromatic carbocycles. The standard InChI is InChI=1S/C23H45N3O8/c1-5-11-25(12-6-2)18(29)9-8-16(4)23(34)26(13-7-3)14-10-24-22(33)21(32)20(31)19(30)17(28)15-27/h16-17,19-21,27-28,30-32H,5-15H2,1-4H3,(H,24,33)/t16-,17?,19?,20?,21?/m0/s1. The van der Waals surface area contributed by atoms with E-state index in [2.05, 4.69) is 5.32 Å².